The van der Waals surface area contributed by atoms with Gasteiger partial charge in [-0.15, -0.1) is 11.3 Å². The van der Waals surface area contributed by atoms with Crippen molar-refractivity contribution in [3.8, 4) is 0 Å². The number of carboxylic acids is 1. The van der Waals surface area contributed by atoms with Crippen LogP contribution in [0.5, 0.6) is 0 Å². The number of thiophene rings is 1. The van der Waals surface area contributed by atoms with Crippen molar-refractivity contribution < 1.29 is 14.7 Å². The predicted molar refractivity (Wildman–Crippen MR) is 82.7 cm³/mol. The summed E-state index contributed by atoms with van der Waals surface area (Å²) >= 11 is 1.29. The first-order chi connectivity index (χ1) is 10.1. The largest absolute Gasteiger partial charge is 0.479 e. The molecule has 0 saturated heterocycles. The maximum atomic E-state index is 11.9. The molecule has 0 radical (unpaired) electrons. The molecule has 0 spiro atoms. The van der Waals surface area contributed by atoms with E-state index in [0.717, 1.165) is 12.0 Å². The molecule has 2 rings (SSSR count). The molecule has 0 saturated carbocycles. The lowest BCUT2D eigenvalue weighted by Crippen LogP contribution is -2.36. The fourth-order valence-corrected chi connectivity index (χ4v) is 2.64. The van der Waals surface area contributed by atoms with Gasteiger partial charge in [-0.05, 0) is 35.6 Å². The fourth-order valence-electron chi connectivity index (χ4n) is 1.88. The zero-order valence-corrected chi connectivity index (χ0v) is 12.3. The number of rotatable bonds is 5. The van der Waals surface area contributed by atoms with Crippen molar-refractivity contribution in [2.45, 2.75) is 19.4 Å². The number of carbonyl (C=O) groups excluding carboxylic acids is 1. The van der Waals surface area contributed by atoms with Crippen LogP contribution in [-0.2, 0) is 11.2 Å². The Morgan fingerprint density at radius 1 is 1.29 bits per heavy atom. The molecule has 1 unspecified atom stereocenters. The number of anilines is 1. The van der Waals surface area contributed by atoms with Crippen LogP contribution in [0.25, 0.3) is 0 Å². The van der Waals surface area contributed by atoms with E-state index in [9.17, 15) is 14.7 Å². The standard InChI is InChI=1S/C15H16N2O3S/c1-2-10-5-3-6-11(9-10)16-15(20)17-13(14(18)19)12-7-4-8-21-12/h3-9,13H,2H2,1H3,(H,18,19)(H2,16,17,20). The Bertz CT molecular complexity index is 626. The first kappa shape index (κ1) is 15.1. The Morgan fingerprint density at radius 2 is 2.10 bits per heavy atom. The molecule has 0 bridgehead atoms. The Morgan fingerprint density at radius 3 is 2.71 bits per heavy atom. The summed E-state index contributed by atoms with van der Waals surface area (Å²) in [4.78, 5) is 23.8. The molecule has 0 aliphatic rings. The molecule has 0 aliphatic heterocycles. The Kier molecular flexibility index (Phi) is 4.94. The second-order valence-electron chi connectivity index (χ2n) is 4.44. The van der Waals surface area contributed by atoms with Gasteiger partial charge < -0.3 is 15.7 Å². The minimum absolute atomic E-state index is 0.538. The lowest BCUT2D eigenvalue weighted by atomic mass is 10.1. The minimum Gasteiger partial charge on any atom is -0.479 e. The van der Waals surface area contributed by atoms with Crippen molar-refractivity contribution in [3.05, 3.63) is 52.2 Å². The first-order valence-electron chi connectivity index (χ1n) is 6.53. The lowest BCUT2D eigenvalue weighted by molar-refractivity contribution is -0.139. The van der Waals surface area contributed by atoms with Gasteiger partial charge >= 0.3 is 12.0 Å². The highest BCUT2D eigenvalue weighted by molar-refractivity contribution is 7.10. The molecule has 2 amide bonds. The van der Waals surface area contributed by atoms with Gasteiger partial charge in [-0.1, -0.05) is 25.1 Å². The maximum absolute atomic E-state index is 11.9. The molecule has 1 aromatic heterocycles. The van der Waals surface area contributed by atoms with Crippen molar-refractivity contribution in [3.63, 3.8) is 0 Å². The van der Waals surface area contributed by atoms with E-state index >= 15 is 0 Å². The quantitative estimate of drug-likeness (QED) is 0.793. The average Bonchev–Trinajstić information content (AvgIpc) is 2.98. The van der Waals surface area contributed by atoms with Crippen molar-refractivity contribution >= 4 is 29.0 Å². The lowest BCUT2D eigenvalue weighted by Gasteiger charge is -2.14. The van der Waals surface area contributed by atoms with Gasteiger partial charge in [0.05, 0.1) is 0 Å². The van der Waals surface area contributed by atoms with Crippen LogP contribution >= 0.6 is 11.3 Å². The number of benzene rings is 1. The summed E-state index contributed by atoms with van der Waals surface area (Å²) in [7, 11) is 0. The highest BCUT2D eigenvalue weighted by Crippen LogP contribution is 2.19. The number of aliphatic carboxylic acids is 1. The topological polar surface area (TPSA) is 78.4 Å². The molecular formula is C15H16N2O3S. The smallest absolute Gasteiger partial charge is 0.331 e. The van der Waals surface area contributed by atoms with E-state index in [-0.39, 0.29) is 0 Å². The van der Waals surface area contributed by atoms with Gasteiger partial charge in [-0.2, -0.15) is 0 Å². The molecule has 5 nitrogen and oxygen atoms in total. The average molecular weight is 304 g/mol. The van der Waals surface area contributed by atoms with Crippen LogP contribution in [0.3, 0.4) is 0 Å². The summed E-state index contributed by atoms with van der Waals surface area (Å²) in [6, 6.07) is 9.29. The third-order valence-corrected chi connectivity index (χ3v) is 3.88. The number of hydrogen-bond donors (Lipinski definition) is 3. The number of carbonyl (C=O) groups is 2. The van der Waals surface area contributed by atoms with Gasteiger partial charge in [0.25, 0.3) is 0 Å². The monoisotopic (exact) mass is 304 g/mol. The fraction of sp³-hybridized carbons (Fsp3) is 0.200. The molecule has 0 aliphatic carbocycles. The first-order valence-corrected chi connectivity index (χ1v) is 7.40. The number of nitrogens with one attached hydrogen (secondary N) is 2. The SMILES string of the molecule is CCc1cccc(NC(=O)NC(C(=O)O)c2cccs2)c1. The summed E-state index contributed by atoms with van der Waals surface area (Å²) in [5.41, 5.74) is 1.74. The van der Waals surface area contributed by atoms with Gasteiger partial charge in [0.2, 0.25) is 0 Å². The molecule has 21 heavy (non-hydrogen) atoms. The highest BCUT2D eigenvalue weighted by Gasteiger charge is 2.22. The van der Waals surface area contributed by atoms with E-state index in [1.165, 1.54) is 11.3 Å². The number of carboxylic acid groups (broad SMARTS) is 1. The van der Waals surface area contributed by atoms with E-state index in [1.54, 1.807) is 23.6 Å². The third kappa shape index (κ3) is 4.06. The highest BCUT2D eigenvalue weighted by atomic mass is 32.1. The summed E-state index contributed by atoms with van der Waals surface area (Å²) in [6.45, 7) is 2.02. The van der Waals surface area contributed by atoms with Crippen molar-refractivity contribution in [1.82, 2.24) is 5.32 Å². The Hall–Kier alpha value is -2.34. The Labute approximate surface area is 126 Å². The van der Waals surface area contributed by atoms with Crippen molar-refractivity contribution in [2.24, 2.45) is 0 Å². The molecule has 0 fully saturated rings. The maximum Gasteiger partial charge on any atom is 0.331 e. The molecule has 1 heterocycles. The van der Waals surface area contributed by atoms with E-state index < -0.39 is 18.0 Å². The number of hydrogen-bond acceptors (Lipinski definition) is 3. The van der Waals surface area contributed by atoms with Gasteiger partial charge in [-0.3, -0.25) is 0 Å². The van der Waals surface area contributed by atoms with Crippen LogP contribution in [0.15, 0.2) is 41.8 Å². The van der Waals surface area contributed by atoms with E-state index in [0.29, 0.717) is 10.6 Å². The molecule has 110 valence electrons. The van der Waals surface area contributed by atoms with Gasteiger partial charge in [-0.25, -0.2) is 9.59 Å². The van der Waals surface area contributed by atoms with E-state index in [4.69, 9.17) is 0 Å². The summed E-state index contributed by atoms with van der Waals surface area (Å²) in [5.74, 6) is -1.09. The molecule has 2 aromatic rings. The molecule has 1 aromatic carbocycles. The van der Waals surface area contributed by atoms with Crippen molar-refractivity contribution in [2.75, 3.05) is 5.32 Å². The number of urea groups is 1. The van der Waals surface area contributed by atoms with Crippen LogP contribution < -0.4 is 10.6 Å². The molecule has 6 heteroatoms. The van der Waals surface area contributed by atoms with E-state index in [2.05, 4.69) is 10.6 Å². The predicted octanol–water partition coefficient (Wildman–Crippen LogP) is 3.26. The van der Waals surface area contributed by atoms with Crippen LogP contribution in [0.1, 0.15) is 23.4 Å². The normalized spacial score (nSPS) is 11.7. The summed E-state index contributed by atoms with van der Waals surface area (Å²) in [6.07, 6.45) is 0.865. The summed E-state index contributed by atoms with van der Waals surface area (Å²) < 4.78 is 0. The zero-order valence-electron chi connectivity index (χ0n) is 11.5. The van der Waals surface area contributed by atoms with Gasteiger partial charge in [0, 0.05) is 10.6 Å². The second-order valence-corrected chi connectivity index (χ2v) is 5.42. The van der Waals surface area contributed by atoms with Gasteiger partial charge in [0.15, 0.2) is 6.04 Å². The molecule has 1 atom stereocenters. The third-order valence-electron chi connectivity index (χ3n) is 2.94. The summed E-state index contributed by atoms with van der Waals surface area (Å²) in [5, 5.41) is 16.1. The van der Waals surface area contributed by atoms with Gasteiger partial charge in [0.1, 0.15) is 0 Å². The zero-order chi connectivity index (χ0) is 15.2. The van der Waals surface area contributed by atoms with Crippen LogP contribution in [0, 0.1) is 0 Å². The van der Waals surface area contributed by atoms with Crippen LogP contribution in [0.2, 0.25) is 0 Å². The van der Waals surface area contributed by atoms with Crippen LogP contribution in [0.4, 0.5) is 10.5 Å². The second kappa shape index (κ2) is 6.90. The number of aryl methyl sites for hydroxylation is 1. The molecule has 3 N–H and O–H groups in total. The Balaban J connectivity index is 2.04. The van der Waals surface area contributed by atoms with Crippen LogP contribution in [-0.4, -0.2) is 17.1 Å². The van der Waals surface area contributed by atoms with E-state index in [1.807, 2.05) is 25.1 Å². The molecular weight excluding hydrogens is 288 g/mol. The van der Waals surface area contributed by atoms with Crippen molar-refractivity contribution in [1.29, 1.82) is 0 Å². The number of amides is 2. The minimum atomic E-state index is -1.09.